The second-order valence-corrected chi connectivity index (χ2v) is 5.61. The van der Waals surface area contributed by atoms with Crippen LogP contribution in [0.25, 0.3) is 0 Å². The van der Waals surface area contributed by atoms with Crippen LogP contribution in [0.5, 0.6) is 0 Å². The van der Waals surface area contributed by atoms with Crippen molar-refractivity contribution in [2.24, 2.45) is 15.1 Å². The molecule has 6 nitrogen and oxygen atoms in total. The molecule has 0 saturated carbocycles. The molecule has 0 spiro atoms. The fourth-order valence-electron chi connectivity index (χ4n) is 2.68. The zero-order valence-electron chi connectivity index (χ0n) is 13.6. The Kier molecular flexibility index (Phi) is 4.22. The first-order chi connectivity index (χ1) is 12.7. The Morgan fingerprint density at radius 1 is 1.19 bits per heavy atom. The van der Waals surface area contributed by atoms with Crippen LogP contribution in [0.2, 0.25) is 0 Å². The van der Waals surface area contributed by atoms with E-state index in [9.17, 15) is 8.78 Å². The Balaban J connectivity index is 1.77. The molecule has 0 atom stereocenters. The van der Waals surface area contributed by atoms with Crippen molar-refractivity contribution in [1.29, 1.82) is 0 Å². The number of aliphatic imine (C=N–C) groups is 2. The quantitative estimate of drug-likeness (QED) is 0.918. The number of nitrogens with one attached hydrogen (secondary N) is 1. The van der Waals surface area contributed by atoms with E-state index in [1.54, 1.807) is 24.6 Å². The van der Waals surface area contributed by atoms with Crippen molar-refractivity contribution in [1.82, 2.24) is 15.2 Å². The van der Waals surface area contributed by atoms with Crippen LogP contribution in [0.15, 0.2) is 63.8 Å². The molecule has 3 heterocycles. The number of nitrogens with zero attached hydrogens (tertiary/aromatic N) is 5. The molecule has 1 aromatic carbocycles. The second kappa shape index (κ2) is 6.83. The molecule has 2 aliphatic rings. The summed E-state index contributed by atoms with van der Waals surface area (Å²) in [6.45, 7) is 0.503. The lowest BCUT2D eigenvalue weighted by Gasteiger charge is -2.08. The van der Waals surface area contributed by atoms with Gasteiger partial charge in [-0.15, -0.1) is 0 Å². The van der Waals surface area contributed by atoms with Crippen LogP contribution in [0.1, 0.15) is 17.0 Å². The first-order valence-corrected chi connectivity index (χ1v) is 7.97. The number of amidine groups is 1. The second-order valence-electron chi connectivity index (χ2n) is 5.61. The van der Waals surface area contributed by atoms with Crippen molar-refractivity contribution >= 4 is 17.8 Å². The molecule has 0 radical (unpaired) electrons. The highest BCUT2D eigenvalue weighted by atomic mass is 19.1. The summed E-state index contributed by atoms with van der Waals surface area (Å²) in [6, 6.07) is 5.56. The molecular weight excluding hydrogens is 338 g/mol. The smallest absolute Gasteiger partial charge is 0.174 e. The summed E-state index contributed by atoms with van der Waals surface area (Å²) in [5.74, 6) is -0.796. The van der Waals surface area contributed by atoms with Gasteiger partial charge < -0.3 is 0 Å². The van der Waals surface area contributed by atoms with E-state index in [0.717, 1.165) is 0 Å². The van der Waals surface area contributed by atoms with Crippen LogP contribution < -0.4 is 5.43 Å². The van der Waals surface area contributed by atoms with Gasteiger partial charge in [-0.25, -0.2) is 13.8 Å². The summed E-state index contributed by atoms with van der Waals surface area (Å²) in [5.41, 5.74) is 4.59. The maximum atomic E-state index is 14.1. The van der Waals surface area contributed by atoms with Crippen molar-refractivity contribution < 1.29 is 8.78 Å². The monoisotopic (exact) mass is 352 g/mol. The van der Waals surface area contributed by atoms with Gasteiger partial charge in [-0.05, 0) is 30.4 Å². The van der Waals surface area contributed by atoms with Crippen molar-refractivity contribution in [3.05, 3.63) is 77.3 Å². The molecule has 0 unspecified atom stereocenters. The van der Waals surface area contributed by atoms with E-state index in [1.165, 1.54) is 22.9 Å². The van der Waals surface area contributed by atoms with Gasteiger partial charge in [-0.3, -0.25) is 15.1 Å². The van der Waals surface area contributed by atoms with E-state index in [4.69, 9.17) is 0 Å². The summed E-state index contributed by atoms with van der Waals surface area (Å²) in [5, 5.41) is 8.44. The molecule has 4 rings (SSSR count). The fourth-order valence-corrected chi connectivity index (χ4v) is 2.68. The maximum Gasteiger partial charge on any atom is 0.174 e. The summed E-state index contributed by atoms with van der Waals surface area (Å²) in [6.07, 6.45) is 8.59. The van der Waals surface area contributed by atoms with Crippen molar-refractivity contribution in [3.8, 4) is 0 Å². The minimum absolute atomic E-state index is 0.0559. The van der Waals surface area contributed by atoms with Crippen LogP contribution in [-0.2, 0) is 6.54 Å². The summed E-state index contributed by atoms with van der Waals surface area (Å²) >= 11 is 0. The molecule has 0 fully saturated rings. The van der Waals surface area contributed by atoms with E-state index in [-0.39, 0.29) is 12.1 Å². The van der Waals surface area contributed by atoms with E-state index < -0.39 is 11.6 Å². The molecule has 2 aromatic rings. The average Bonchev–Trinajstić information content (AvgIpc) is 3.22. The van der Waals surface area contributed by atoms with Gasteiger partial charge in [0.25, 0.3) is 0 Å². The molecule has 1 aromatic heterocycles. The molecular formula is C18H14F2N6. The Bertz CT molecular complexity index is 977. The standard InChI is InChI=1S/C18H14F2N6/c19-13-4-1-5-14(20)12(13)11-26-17(15-6-2-7-21-15)10-16(25-26)18-22-8-3-9-23-24-18/h1-6,8-10H,7,11H2,(H,22,24). The van der Waals surface area contributed by atoms with Crippen LogP contribution in [0, 0.1) is 11.6 Å². The molecule has 1 N–H and O–H groups in total. The first-order valence-electron chi connectivity index (χ1n) is 7.97. The van der Waals surface area contributed by atoms with Gasteiger partial charge in [-0.2, -0.15) is 10.2 Å². The van der Waals surface area contributed by atoms with Crippen LogP contribution in [0.3, 0.4) is 0 Å². The van der Waals surface area contributed by atoms with Crippen molar-refractivity contribution in [2.75, 3.05) is 6.54 Å². The first kappa shape index (κ1) is 16.1. The lowest BCUT2D eigenvalue weighted by molar-refractivity contribution is 0.532. The number of hydrogen-bond acceptors (Lipinski definition) is 5. The summed E-state index contributed by atoms with van der Waals surface area (Å²) in [4.78, 5) is 8.62. The minimum Gasteiger partial charge on any atom is -0.279 e. The molecule has 0 aliphatic carbocycles. The predicted octanol–water partition coefficient (Wildman–Crippen LogP) is 2.42. The Labute approximate surface area is 148 Å². The van der Waals surface area contributed by atoms with Gasteiger partial charge in [0, 0.05) is 18.0 Å². The van der Waals surface area contributed by atoms with E-state index >= 15 is 0 Å². The topological polar surface area (TPSA) is 66.9 Å². The predicted molar refractivity (Wildman–Crippen MR) is 95.5 cm³/mol. The molecule has 26 heavy (non-hydrogen) atoms. The van der Waals surface area contributed by atoms with Gasteiger partial charge >= 0.3 is 0 Å². The largest absolute Gasteiger partial charge is 0.279 e. The third-order valence-electron chi connectivity index (χ3n) is 3.92. The van der Waals surface area contributed by atoms with Crippen LogP contribution in [0.4, 0.5) is 8.78 Å². The zero-order valence-corrected chi connectivity index (χ0v) is 13.6. The molecule has 2 aliphatic heterocycles. The van der Waals surface area contributed by atoms with Gasteiger partial charge in [0.1, 0.15) is 17.3 Å². The van der Waals surface area contributed by atoms with Crippen LogP contribution >= 0.6 is 0 Å². The Hall–Kier alpha value is -3.42. The number of hydrogen-bond donors (Lipinski definition) is 1. The van der Waals surface area contributed by atoms with Gasteiger partial charge in [0.2, 0.25) is 0 Å². The molecule has 8 heteroatoms. The highest BCUT2D eigenvalue weighted by Gasteiger charge is 2.19. The molecule has 130 valence electrons. The number of hydrazone groups is 1. The third-order valence-corrected chi connectivity index (χ3v) is 3.92. The number of rotatable bonds is 4. The average molecular weight is 352 g/mol. The Morgan fingerprint density at radius 3 is 2.81 bits per heavy atom. The third kappa shape index (κ3) is 3.08. The van der Waals surface area contributed by atoms with Crippen molar-refractivity contribution in [2.45, 2.75) is 6.54 Å². The number of aromatic nitrogens is 2. The number of benzene rings is 1. The normalized spacial score (nSPS) is 15.6. The highest BCUT2D eigenvalue weighted by molar-refractivity contribution is 6.10. The Morgan fingerprint density at radius 2 is 2.04 bits per heavy atom. The maximum absolute atomic E-state index is 14.1. The molecule has 0 amide bonds. The number of halogens is 2. The summed E-state index contributed by atoms with van der Waals surface area (Å²) in [7, 11) is 0. The van der Waals surface area contributed by atoms with Crippen molar-refractivity contribution in [3.63, 3.8) is 0 Å². The van der Waals surface area contributed by atoms with Gasteiger partial charge in [0.15, 0.2) is 5.84 Å². The number of allylic oxidation sites excluding steroid dienone is 2. The summed E-state index contributed by atoms with van der Waals surface area (Å²) < 4.78 is 29.7. The van der Waals surface area contributed by atoms with E-state index in [0.29, 0.717) is 29.5 Å². The molecule has 0 saturated heterocycles. The van der Waals surface area contributed by atoms with E-state index in [2.05, 4.69) is 25.6 Å². The zero-order chi connectivity index (χ0) is 17.9. The SMILES string of the molecule is Fc1cccc(F)c1Cn1nc(C2=NC=CC=NN2)cc1C1=NCC=C1. The lowest BCUT2D eigenvalue weighted by atomic mass is 10.2. The highest BCUT2D eigenvalue weighted by Crippen LogP contribution is 2.17. The molecule has 0 bridgehead atoms. The van der Waals surface area contributed by atoms with Gasteiger partial charge in [-0.1, -0.05) is 12.1 Å². The lowest BCUT2D eigenvalue weighted by Crippen LogP contribution is -2.19. The van der Waals surface area contributed by atoms with Crippen LogP contribution in [-0.4, -0.2) is 34.1 Å². The van der Waals surface area contributed by atoms with E-state index in [1.807, 2.05) is 12.2 Å². The fraction of sp³-hybridized carbons (Fsp3) is 0.111. The minimum atomic E-state index is -0.616. The van der Waals surface area contributed by atoms with Gasteiger partial charge in [0.05, 0.1) is 24.5 Å².